The van der Waals surface area contributed by atoms with Crippen LogP contribution >= 0.6 is 67.8 Å². The highest BCUT2D eigenvalue weighted by molar-refractivity contribution is 14.1. The molecule has 0 aliphatic rings. The second-order valence-corrected chi connectivity index (χ2v) is 10.3. The zero-order valence-electron chi connectivity index (χ0n) is 17.4. The van der Waals surface area contributed by atoms with Gasteiger partial charge < -0.3 is 46.2 Å². The molecule has 0 spiro atoms. The maximum Gasteiger partial charge on any atom is 0.0945 e. The van der Waals surface area contributed by atoms with Crippen molar-refractivity contribution in [2.24, 2.45) is 0 Å². The van der Waals surface area contributed by atoms with Crippen LogP contribution in [0.25, 0.3) is 0 Å². The van der Waals surface area contributed by atoms with Crippen LogP contribution in [0.4, 0.5) is 5.69 Å². The zero-order valence-corrected chi connectivity index (χ0v) is 23.8. The Bertz CT molecular complexity index is 643. The van der Waals surface area contributed by atoms with Gasteiger partial charge in [-0.05, 0) is 85.8 Å². The average molecular weight is 779 g/mol. The van der Waals surface area contributed by atoms with E-state index >= 15 is 0 Å². The molecule has 0 saturated heterocycles. The van der Waals surface area contributed by atoms with E-state index < -0.39 is 18.3 Å². The largest absolute Gasteiger partial charge is 0.394 e. The summed E-state index contributed by atoms with van der Waals surface area (Å²) in [7, 11) is 0. The Kier molecular flexibility index (Phi) is 15.2. The fraction of sp³-hybridized carbons (Fsp3) is 0.684. The fourth-order valence-electron chi connectivity index (χ4n) is 2.89. The van der Waals surface area contributed by atoms with Gasteiger partial charge in [-0.1, -0.05) is 0 Å². The lowest BCUT2D eigenvalue weighted by atomic mass is 10.1. The lowest BCUT2D eigenvalue weighted by molar-refractivity contribution is 0.0941. The van der Waals surface area contributed by atoms with E-state index in [2.05, 4.69) is 78.4 Å². The average Bonchev–Trinajstić information content (AvgIpc) is 2.76. The molecule has 0 amide bonds. The molecular weight excluding hydrogens is 747 g/mol. The van der Waals surface area contributed by atoms with Crippen molar-refractivity contribution in [2.75, 3.05) is 50.9 Å². The number of halogens is 3. The molecule has 0 aromatic heterocycles. The highest BCUT2D eigenvalue weighted by Gasteiger charge is 2.24. The van der Waals surface area contributed by atoms with Crippen molar-refractivity contribution in [3.63, 3.8) is 0 Å². The van der Waals surface area contributed by atoms with Crippen LogP contribution in [0.1, 0.15) is 18.1 Å². The van der Waals surface area contributed by atoms with Crippen LogP contribution in [0.15, 0.2) is 0 Å². The van der Waals surface area contributed by atoms with Crippen molar-refractivity contribution >= 4 is 73.5 Å². The molecule has 1 aromatic carbocycles. The maximum atomic E-state index is 10.0. The minimum Gasteiger partial charge on any atom is -0.394 e. The molecule has 8 N–H and O–H groups in total. The van der Waals surface area contributed by atoms with Crippen molar-refractivity contribution in [2.45, 2.75) is 38.3 Å². The minimum atomic E-state index is -0.867. The van der Waals surface area contributed by atoms with Crippen LogP contribution in [0, 0.1) is 10.7 Å². The summed E-state index contributed by atoms with van der Waals surface area (Å²) in [6.07, 6.45) is -2.55. The second-order valence-electron chi connectivity index (χ2n) is 7.06. The van der Waals surface area contributed by atoms with E-state index in [0.717, 1.165) is 27.5 Å². The summed E-state index contributed by atoms with van der Waals surface area (Å²) < 4.78 is 3.04. The van der Waals surface area contributed by atoms with Crippen molar-refractivity contribution in [3.05, 3.63) is 21.8 Å². The first-order valence-corrected chi connectivity index (χ1v) is 13.2. The molecule has 0 radical (unpaired) electrons. The van der Waals surface area contributed by atoms with Crippen LogP contribution in [0.2, 0.25) is 0 Å². The summed E-state index contributed by atoms with van der Waals surface area (Å²) in [6.45, 7) is 3.40. The van der Waals surface area contributed by atoms with Crippen molar-refractivity contribution in [1.29, 1.82) is 0 Å². The molecule has 0 heterocycles. The molecule has 1 aromatic rings. The summed E-state index contributed by atoms with van der Waals surface area (Å²) in [6, 6.07) is 0. The highest BCUT2D eigenvalue weighted by atomic mass is 127. The van der Waals surface area contributed by atoms with E-state index in [1.165, 1.54) is 0 Å². The van der Waals surface area contributed by atoms with Crippen LogP contribution < -0.4 is 15.5 Å². The maximum absolute atomic E-state index is 10.0. The number of rotatable bonds is 15. The number of aliphatic hydroxyl groups is 6. The Balaban J connectivity index is 3.34. The smallest absolute Gasteiger partial charge is 0.0945 e. The van der Waals surface area contributed by atoms with Gasteiger partial charge in [-0.15, -0.1) is 0 Å². The van der Waals surface area contributed by atoms with Gasteiger partial charge >= 0.3 is 0 Å². The normalized spacial score (nSPS) is 14.5. The summed E-state index contributed by atoms with van der Waals surface area (Å²) >= 11 is 6.86. The van der Waals surface area contributed by atoms with Gasteiger partial charge in [0.25, 0.3) is 0 Å². The molecule has 0 aliphatic carbocycles. The molecule has 0 fully saturated rings. The van der Waals surface area contributed by atoms with Crippen LogP contribution in [0.5, 0.6) is 0 Å². The van der Waals surface area contributed by atoms with E-state index in [9.17, 15) is 20.4 Å². The molecule has 0 aliphatic heterocycles. The van der Waals surface area contributed by atoms with E-state index in [1.807, 2.05) is 11.8 Å². The van der Waals surface area contributed by atoms with Crippen molar-refractivity contribution in [1.82, 2.24) is 10.6 Å². The third kappa shape index (κ3) is 9.22. The van der Waals surface area contributed by atoms with Gasteiger partial charge in [0.2, 0.25) is 0 Å². The Morgan fingerprint density at radius 3 is 1.52 bits per heavy atom. The SMILES string of the molecule is CCN(CC(O)CO)c1c(I)c(CNCC(O)CO)c(I)c(CNCC(O)CO)c1I. The Morgan fingerprint density at radius 2 is 1.16 bits per heavy atom. The Labute approximate surface area is 224 Å². The minimum absolute atomic E-state index is 0.251. The third-order valence-corrected chi connectivity index (χ3v) is 8.23. The predicted molar refractivity (Wildman–Crippen MR) is 145 cm³/mol. The molecular formula is C19H32I3N3O6. The van der Waals surface area contributed by atoms with Crippen LogP contribution in [-0.2, 0) is 13.1 Å². The lowest BCUT2D eigenvalue weighted by Crippen LogP contribution is -2.36. The van der Waals surface area contributed by atoms with Gasteiger partial charge in [0.05, 0.1) is 43.8 Å². The number of nitrogens with zero attached hydrogens (tertiary/aromatic N) is 1. The zero-order chi connectivity index (χ0) is 23.6. The first-order valence-electron chi connectivity index (χ1n) is 9.92. The van der Waals surface area contributed by atoms with Gasteiger partial charge in [0.1, 0.15) is 0 Å². The number of hydrogen-bond donors (Lipinski definition) is 8. The van der Waals surface area contributed by atoms with Gasteiger partial charge in [-0.2, -0.15) is 0 Å². The number of nitrogens with one attached hydrogen (secondary N) is 2. The number of aliphatic hydroxyl groups excluding tert-OH is 6. The predicted octanol–water partition coefficient (Wildman–Crippen LogP) is -0.434. The van der Waals surface area contributed by atoms with Crippen LogP contribution in [0.3, 0.4) is 0 Å². The number of benzene rings is 1. The molecule has 180 valence electrons. The standard InChI is InChI=1S/C19H32I3N3O6/c1-2-25(7-13(31)10-28)19-17(21)14(5-23-3-11(29)8-26)16(20)15(18(19)22)6-24-4-12(30)9-27/h11-13,23-24,26-31H,2-10H2,1H3. The molecule has 0 saturated carbocycles. The fourth-order valence-corrected chi connectivity index (χ4v) is 7.50. The summed E-state index contributed by atoms with van der Waals surface area (Å²) in [4.78, 5) is 2.03. The van der Waals surface area contributed by atoms with E-state index in [4.69, 9.17) is 10.2 Å². The van der Waals surface area contributed by atoms with Gasteiger partial charge in [0.15, 0.2) is 0 Å². The Hall–Kier alpha value is 0.890. The quantitative estimate of drug-likeness (QED) is 0.111. The first-order chi connectivity index (χ1) is 14.7. The molecule has 3 atom stereocenters. The highest BCUT2D eigenvalue weighted by Crippen LogP contribution is 2.38. The van der Waals surface area contributed by atoms with E-state index in [0.29, 0.717) is 19.6 Å². The lowest BCUT2D eigenvalue weighted by Gasteiger charge is -2.30. The van der Waals surface area contributed by atoms with Gasteiger partial charge in [0, 0.05) is 50.0 Å². The summed E-state index contributed by atoms with van der Waals surface area (Å²) in [5.74, 6) is 0. The number of likely N-dealkylation sites (N-methyl/N-ethyl adjacent to an activating group) is 1. The summed E-state index contributed by atoms with van der Waals surface area (Å²) in [5, 5.41) is 63.1. The molecule has 31 heavy (non-hydrogen) atoms. The van der Waals surface area contributed by atoms with E-state index in [-0.39, 0.29) is 39.5 Å². The molecule has 9 nitrogen and oxygen atoms in total. The third-order valence-electron chi connectivity index (χ3n) is 4.60. The van der Waals surface area contributed by atoms with Gasteiger partial charge in [-0.25, -0.2) is 0 Å². The van der Waals surface area contributed by atoms with Crippen molar-refractivity contribution in [3.8, 4) is 0 Å². The molecule has 1 rings (SSSR count). The second kappa shape index (κ2) is 15.7. The number of hydrogen-bond acceptors (Lipinski definition) is 9. The Morgan fingerprint density at radius 1 is 0.742 bits per heavy atom. The van der Waals surface area contributed by atoms with Crippen molar-refractivity contribution < 1.29 is 30.6 Å². The van der Waals surface area contributed by atoms with Crippen LogP contribution in [-0.4, -0.2) is 95.0 Å². The molecule has 12 heteroatoms. The number of anilines is 1. The summed E-state index contributed by atoms with van der Waals surface area (Å²) in [5.41, 5.74) is 3.01. The van der Waals surface area contributed by atoms with E-state index in [1.54, 1.807) is 0 Å². The molecule has 3 unspecified atom stereocenters. The van der Waals surface area contributed by atoms with Gasteiger partial charge in [-0.3, -0.25) is 0 Å². The monoisotopic (exact) mass is 779 g/mol. The first kappa shape index (κ1) is 29.9. The topological polar surface area (TPSA) is 149 Å². The molecule has 0 bridgehead atoms.